The molecule has 0 bridgehead atoms. The Morgan fingerprint density at radius 1 is 1.44 bits per heavy atom. The van der Waals surface area contributed by atoms with Crippen molar-refractivity contribution in [3.05, 3.63) is 5.01 Å². The van der Waals surface area contributed by atoms with Crippen molar-refractivity contribution in [3.63, 3.8) is 0 Å². The van der Waals surface area contributed by atoms with Crippen LogP contribution in [0.25, 0.3) is 0 Å². The Bertz CT molecular complexity index is 340. The fraction of sp³-hybridized carbons (Fsp3) is 0.667. The fourth-order valence-electron chi connectivity index (χ4n) is 0.981. The van der Waals surface area contributed by atoms with E-state index in [1.807, 2.05) is 13.8 Å². The Balaban J connectivity index is 0.00000225. The summed E-state index contributed by atoms with van der Waals surface area (Å²) in [6.45, 7) is 5.86. The number of nitrogens with one attached hydrogen (secondary N) is 1. The Morgan fingerprint density at radius 2 is 2.06 bits per heavy atom. The summed E-state index contributed by atoms with van der Waals surface area (Å²) >= 11 is 1.40. The van der Waals surface area contributed by atoms with Gasteiger partial charge in [0.15, 0.2) is 0 Å². The van der Waals surface area contributed by atoms with Crippen LogP contribution in [0.1, 0.15) is 38.1 Å². The molecule has 0 saturated heterocycles. The van der Waals surface area contributed by atoms with Crippen molar-refractivity contribution in [1.29, 1.82) is 0 Å². The molecule has 1 unspecified atom stereocenters. The van der Waals surface area contributed by atoms with Gasteiger partial charge in [0.05, 0.1) is 0 Å². The summed E-state index contributed by atoms with van der Waals surface area (Å²) in [5.41, 5.74) is 5.51. The van der Waals surface area contributed by atoms with Crippen molar-refractivity contribution in [2.45, 2.75) is 39.2 Å². The second-order valence-corrected chi connectivity index (χ2v) is 4.84. The van der Waals surface area contributed by atoms with Gasteiger partial charge in [-0.3, -0.25) is 4.79 Å². The lowest BCUT2D eigenvalue weighted by Gasteiger charge is -2.03. The number of carbonyl (C=O) groups excluding carboxylic acids is 1. The molecule has 1 aromatic rings. The average molecular weight is 265 g/mol. The van der Waals surface area contributed by atoms with Crippen LogP contribution in [0, 0.1) is 0 Å². The highest BCUT2D eigenvalue weighted by Crippen LogP contribution is 2.22. The van der Waals surface area contributed by atoms with Gasteiger partial charge in [-0.2, -0.15) is 0 Å². The summed E-state index contributed by atoms with van der Waals surface area (Å²) in [5.74, 6) is 0.220. The normalized spacial score (nSPS) is 12.1. The molecule has 0 spiro atoms. The Labute approximate surface area is 105 Å². The first-order chi connectivity index (χ1) is 6.99. The zero-order valence-corrected chi connectivity index (χ0v) is 11.2. The molecule has 1 atom stereocenters. The SMILES string of the molecule is CC(N)CC(=O)Nc1nnc(C(C)C)s1.Cl. The molecule has 0 aliphatic rings. The van der Waals surface area contributed by atoms with E-state index in [0.717, 1.165) is 5.01 Å². The van der Waals surface area contributed by atoms with Crippen LogP contribution < -0.4 is 11.1 Å². The molecular formula is C9H17ClN4OS. The van der Waals surface area contributed by atoms with Gasteiger partial charge in [0, 0.05) is 18.4 Å². The zero-order chi connectivity index (χ0) is 11.4. The van der Waals surface area contributed by atoms with Crippen LogP contribution in [0.5, 0.6) is 0 Å². The molecule has 0 aliphatic heterocycles. The van der Waals surface area contributed by atoms with Gasteiger partial charge in [-0.15, -0.1) is 22.6 Å². The van der Waals surface area contributed by atoms with Gasteiger partial charge in [-0.25, -0.2) is 0 Å². The number of carbonyl (C=O) groups is 1. The van der Waals surface area contributed by atoms with E-state index in [-0.39, 0.29) is 24.4 Å². The van der Waals surface area contributed by atoms with E-state index < -0.39 is 0 Å². The standard InChI is InChI=1S/C9H16N4OS.ClH/c1-5(2)8-12-13-9(15-8)11-7(14)4-6(3)10;/h5-6H,4,10H2,1-3H3,(H,11,13,14);1H. The number of amides is 1. The van der Waals surface area contributed by atoms with Gasteiger partial charge in [-0.1, -0.05) is 25.2 Å². The van der Waals surface area contributed by atoms with Gasteiger partial charge in [0.2, 0.25) is 11.0 Å². The van der Waals surface area contributed by atoms with Crippen LogP contribution >= 0.6 is 23.7 Å². The van der Waals surface area contributed by atoms with E-state index in [1.165, 1.54) is 11.3 Å². The van der Waals surface area contributed by atoms with E-state index in [1.54, 1.807) is 6.92 Å². The van der Waals surface area contributed by atoms with Gasteiger partial charge >= 0.3 is 0 Å². The molecular weight excluding hydrogens is 248 g/mol. The second kappa shape index (κ2) is 6.78. The lowest BCUT2D eigenvalue weighted by Crippen LogP contribution is -2.23. The van der Waals surface area contributed by atoms with Crippen LogP contribution in [0.15, 0.2) is 0 Å². The quantitative estimate of drug-likeness (QED) is 0.868. The number of anilines is 1. The summed E-state index contributed by atoms with van der Waals surface area (Å²) < 4.78 is 0. The number of nitrogens with two attached hydrogens (primary N) is 1. The van der Waals surface area contributed by atoms with Crippen molar-refractivity contribution in [2.75, 3.05) is 5.32 Å². The molecule has 0 aromatic carbocycles. The molecule has 0 radical (unpaired) electrons. The average Bonchev–Trinajstić information content (AvgIpc) is 2.50. The molecule has 5 nitrogen and oxygen atoms in total. The fourth-order valence-corrected chi connectivity index (χ4v) is 1.74. The first kappa shape index (κ1) is 15.3. The van der Waals surface area contributed by atoms with E-state index in [0.29, 0.717) is 17.5 Å². The van der Waals surface area contributed by atoms with E-state index in [4.69, 9.17) is 5.73 Å². The number of hydrogen-bond acceptors (Lipinski definition) is 5. The third-order valence-corrected chi connectivity index (χ3v) is 2.83. The molecule has 0 aliphatic carbocycles. The molecule has 3 N–H and O–H groups in total. The number of rotatable bonds is 4. The summed E-state index contributed by atoms with van der Waals surface area (Å²) in [4.78, 5) is 11.3. The highest BCUT2D eigenvalue weighted by molar-refractivity contribution is 7.15. The van der Waals surface area contributed by atoms with E-state index >= 15 is 0 Å². The third-order valence-electron chi connectivity index (χ3n) is 1.69. The first-order valence-electron chi connectivity index (χ1n) is 4.88. The van der Waals surface area contributed by atoms with E-state index in [2.05, 4.69) is 15.5 Å². The zero-order valence-electron chi connectivity index (χ0n) is 9.56. The van der Waals surface area contributed by atoms with E-state index in [9.17, 15) is 4.79 Å². The van der Waals surface area contributed by atoms with Crippen LogP contribution in [-0.2, 0) is 4.79 Å². The number of nitrogens with zero attached hydrogens (tertiary/aromatic N) is 2. The topological polar surface area (TPSA) is 80.9 Å². The summed E-state index contributed by atoms with van der Waals surface area (Å²) in [5, 5.41) is 12.0. The lowest BCUT2D eigenvalue weighted by atomic mass is 10.2. The van der Waals surface area contributed by atoms with Crippen LogP contribution in [0.4, 0.5) is 5.13 Å². The van der Waals surface area contributed by atoms with Crippen molar-refractivity contribution in [3.8, 4) is 0 Å². The maximum absolute atomic E-state index is 11.3. The summed E-state index contributed by atoms with van der Waals surface area (Å²) in [6.07, 6.45) is 0.302. The van der Waals surface area contributed by atoms with Gasteiger partial charge < -0.3 is 11.1 Å². The molecule has 1 rings (SSSR count). The van der Waals surface area contributed by atoms with Crippen molar-refractivity contribution in [1.82, 2.24) is 10.2 Å². The highest BCUT2D eigenvalue weighted by Gasteiger charge is 2.11. The largest absolute Gasteiger partial charge is 0.327 e. The lowest BCUT2D eigenvalue weighted by molar-refractivity contribution is -0.116. The molecule has 7 heteroatoms. The second-order valence-electron chi connectivity index (χ2n) is 3.83. The molecule has 1 amide bonds. The van der Waals surface area contributed by atoms with Gasteiger partial charge in [0.25, 0.3) is 0 Å². The van der Waals surface area contributed by atoms with Crippen LogP contribution in [-0.4, -0.2) is 22.1 Å². The minimum absolute atomic E-state index is 0. The first-order valence-corrected chi connectivity index (χ1v) is 5.69. The minimum atomic E-state index is -0.137. The Kier molecular flexibility index (Phi) is 6.47. The molecule has 0 saturated carbocycles. The maximum Gasteiger partial charge on any atom is 0.227 e. The monoisotopic (exact) mass is 264 g/mol. The summed E-state index contributed by atoms with van der Waals surface area (Å²) in [7, 11) is 0. The molecule has 1 aromatic heterocycles. The minimum Gasteiger partial charge on any atom is -0.327 e. The Morgan fingerprint density at radius 3 is 2.50 bits per heavy atom. The van der Waals surface area contributed by atoms with Gasteiger partial charge in [0.1, 0.15) is 5.01 Å². The molecule has 92 valence electrons. The van der Waals surface area contributed by atoms with Crippen molar-refractivity contribution < 1.29 is 4.79 Å². The Hall–Kier alpha value is -0.720. The number of aromatic nitrogens is 2. The van der Waals surface area contributed by atoms with Gasteiger partial charge in [-0.05, 0) is 6.92 Å². The van der Waals surface area contributed by atoms with Crippen LogP contribution in [0.2, 0.25) is 0 Å². The molecule has 1 heterocycles. The number of hydrogen-bond donors (Lipinski definition) is 2. The predicted octanol–water partition coefficient (Wildman–Crippen LogP) is 1.76. The summed E-state index contributed by atoms with van der Waals surface area (Å²) in [6, 6.07) is -0.137. The highest BCUT2D eigenvalue weighted by atomic mass is 35.5. The third kappa shape index (κ3) is 4.87. The van der Waals surface area contributed by atoms with Crippen molar-refractivity contribution >= 4 is 34.8 Å². The maximum atomic E-state index is 11.3. The smallest absolute Gasteiger partial charge is 0.227 e. The molecule has 16 heavy (non-hydrogen) atoms. The predicted molar refractivity (Wildman–Crippen MR) is 68.1 cm³/mol. The number of halogens is 1. The van der Waals surface area contributed by atoms with Crippen LogP contribution in [0.3, 0.4) is 0 Å². The molecule has 0 fully saturated rings. The van der Waals surface area contributed by atoms with Crippen molar-refractivity contribution in [2.24, 2.45) is 5.73 Å².